The molecular weight excluding hydrogens is 330 g/mol. The second-order valence-corrected chi connectivity index (χ2v) is 7.04. The van der Waals surface area contributed by atoms with E-state index in [9.17, 15) is 14.4 Å². The molecule has 6 nitrogen and oxygen atoms in total. The van der Waals surface area contributed by atoms with Crippen molar-refractivity contribution in [2.24, 2.45) is 0 Å². The number of aromatic nitrogens is 2. The van der Waals surface area contributed by atoms with Gasteiger partial charge in [0.15, 0.2) is 0 Å². The zero-order valence-electron chi connectivity index (χ0n) is 15.2. The molecule has 1 aliphatic heterocycles. The number of hydrogen-bond acceptors (Lipinski definition) is 3. The van der Waals surface area contributed by atoms with E-state index in [2.05, 4.69) is 4.98 Å². The molecule has 1 aromatic carbocycles. The van der Waals surface area contributed by atoms with Crippen molar-refractivity contribution in [3.63, 3.8) is 0 Å². The van der Waals surface area contributed by atoms with Crippen LogP contribution < -0.4 is 11.2 Å². The Kier molecular flexibility index (Phi) is 6.26. The lowest BCUT2D eigenvalue weighted by molar-refractivity contribution is -0.131. The number of hydrogen-bond donors (Lipinski definition) is 1. The SMILES string of the molecule is O=C(CCCCCn1c(=O)[nH]c2ccccc2c1=O)N1CCCCCC1. The van der Waals surface area contributed by atoms with Crippen LogP contribution in [0, 0.1) is 0 Å². The van der Waals surface area contributed by atoms with E-state index in [1.807, 2.05) is 4.90 Å². The van der Waals surface area contributed by atoms with Crippen molar-refractivity contribution >= 4 is 16.8 Å². The van der Waals surface area contributed by atoms with Crippen LogP contribution in [0.25, 0.3) is 10.9 Å². The highest BCUT2D eigenvalue weighted by Gasteiger charge is 2.14. The maximum absolute atomic E-state index is 12.4. The number of carbonyl (C=O) groups excluding carboxylic acids is 1. The minimum Gasteiger partial charge on any atom is -0.343 e. The number of carbonyl (C=O) groups is 1. The summed E-state index contributed by atoms with van der Waals surface area (Å²) in [5.41, 5.74) is -0.0406. The van der Waals surface area contributed by atoms with Crippen molar-refractivity contribution in [2.75, 3.05) is 13.1 Å². The molecule has 1 fully saturated rings. The van der Waals surface area contributed by atoms with Crippen LogP contribution in [0.2, 0.25) is 0 Å². The first kappa shape index (κ1) is 18.4. The summed E-state index contributed by atoms with van der Waals surface area (Å²) in [7, 11) is 0. The maximum atomic E-state index is 12.4. The Labute approximate surface area is 152 Å². The van der Waals surface area contributed by atoms with Crippen LogP contribution >= 0.6 is 0 Å². The van der Waals surface area contributed by atoms with Crippen molar-refractivity contribution in [3.8, 4) is 0 Å². The number of nitrogens with one attached hydrogen (secondary N) is 1. The largest absolute Gasteiger partial charge is 0.343 e. The highest BCUT2D eigenvalue weighted by Crippen LogP contribution is 2.12. The van der Waals surface area contributed by atoms with E-state index in [1.54, 1.807) is 24.3 Å². The Bertz CT molecular complexity index is 860. The molecule has 0 atom stereocenters. The number of fused-ring (bicyclic) bond motifs is 1. The number of benzene rings is 1. The van der Waals surface area contributed by atoms with E-state index < -0.39 is 0 Å². The smallest absolute Gasteiger partial charge is 0.328 e. The van der Waals surface area contributed by atoms with Crippen LogP contribution in [-0.2, 0) is 11.3 Å². The lowest BCUT2D eigenvalue weighted by Gasteiger charge is -2.20. The van der Waals surface area contributed by atoms with Gasteiger partial charge in [-0.25, -0.2) is 4.79 Å². The van der Waals surface area contributed by atoms with Crippen molar-refractivity contribution in [1.82, 2.24) is 14.5 Å². The molecule has 0 aliphatic carbocycles. The molecule has 2 aromatic rings. The second-order valence-electron chi connectivity index (χ2n) is 7.04. The third-order valence-electron chi connectivity index (χ3n) is 5.12. The summed E-state index contributed by atoms with van der Waals surface area (Å²) in [6, 6.07) is 7.05. The normalized spacial score (nSPS) is 15.2. The Hall–Kier alpha value is -2.37. The Morgan fingerprint density at radius 2 is 1.69 bits per heavy atom. The molecule has 1 amide bonds. The number of rotatable bonds is 6. The molecule has 0 unspecified atom stereocenters. The fraction of sp³-hybridized carbons (Fsp3) is 0.550. The molecule has 1 aromatic heterocycles. The Morgan fingerprint density at radius 3 is 2.46 bits per heavy atom. The fourth-order valence-electron chi connectivity index (χ4n) is 3.60. The molecule has 2 heterocycles. The molecule has 3 rings (SSSR count). The van der Waals surface area contributed by atoms with Gasteiger partial charge >= 0.3 is 5.69 Å². The first-order chi connectivity index (χ1) is 12.7. The van der Waals surface area contributed by atoms with Gasteiger partial charge in [-0.15, -0.1) is 0 Å². The van der Waals surface area contributed by atoms with Crippen molar-refractivity contribution in [2.45, 2.75) is 57.9 Å². The van der Waals surface area contributed by atoms with Gasteiger partial charge in [-0.1, -0.05) is 31.4 Å². The summed E-state index contributed by atoms with van der Waals surface area (Å²) < 4.78 is 1.26. The van der Waals surface area contributed by atoms with Gasteiger partial charge in [-0.2, -0.15) is 0 Å². The van der Waals surface area contributed by atoms with Crippen LogP contribution in [0.4, 0.5) is 0 Å². The zero-order chi connectivity index (χ0) is 18.4. The highest BCUT2D eigenvalue weighted by molar-refractivity contribution is 5.77. The van der Waals surface area contributed by atoms with Crippen LogP contribution in [0.5, 0.6) is 0 Å². The molecule has 0 spiro atoms. The predicted molar refractivity (Wildman–Crippen MR) is 102 cm³/mol. The summed E-state index contributed by atoms with van der Waals surface area (Å²) in [5, 5.41) is 0.531. The average molecular weight is 357 g/mol. The van der Waals surface area contributed by atoms with E-state index in [4.69, 9.17) is 0 Å². The molecule has 0 radical (unpaired) electrons. The molecule has 6 heteroatoms. The molecule has 26 heavy (non-hydrogen) atoms. The monoisotopic (exact) mass is 357 g/mol. The van der Waals surface area contributed by atoms with E-state index in [1.165, 1.54) is 17.4 Å². The number of aromatic amines is 1. The van der Waals surface area contributed by atoms with Crippen LogP contribution in [0.1, 0.15) is 51.4 Å². The predicted octanol–water partition coefficient (Wildman–Crippen LogP) is 2.65. The summed E-state index contributed by atoms with van der Waals surface area (Å²) in [5.74, 6) is 0.243. The Balaban J connectivity index is 1.49. The zero-order valence-corrected chi connectivity index (χ0v) is 15.2. The maximum Gasteiger partial charge on any atom is 0.328 e. The topological polar surface area (TPSA) is 75.2 Å². The van der Waals surface area contributed by atoms with Gasteiger partial charge in [0.1, 0.15) is 0 Å². The van der Waals surface area contributed by atoms with E-state index in [-0.39, 0.29) is 17.2 Å². The summed E-state index contributed by atoms with van der Waals surface area (Å²) in [4.78, 5) is 41.6. The van der Waals surface area contributed by atoms with E-state index in [0.29, 0.717) is 30.3 Å². The highest BCUT2D eigenvalue weighted by atomic mass is 16.2. The van der Waals surface area contributed by atoms with E-state index in [0.717, 1.165) is 38.8 Å². The van der Waals surface area contributed by atoms with Gasteiger partial charge in [0.25, 0.3) is 5.56 Å². The summed E-state index contributed by atoms with van der Waals surface area (Å²) in [6.07, 6.45) is 7.57. The number of likely N-dealkylation sites (tertiary alicyclic amines) is 1. The van der Waals surface area contributed by atoms with Gasteiger partial charge in [0, 0.05) is 26.1 Å². The van der Waals surface area contributed by atoms with Crippen molar-refractivity contribution in [3.05, 3.63) is 45.1 Å². The first-order valence-electron chi connectivity index (χ1n) is 9.66. The summed E-state index contributed by atoms with van der Waals surface area (Å²) in [6.45, 7) is 2.16. The molecule has 1 aliphatic rings. The van der Waals surface area contributed by atoms with Crippen molar-refractivity contribution < 1.29 is 4.79 Å². The number of H-pyrrole nitrogens is 1. The average Bonchev–Trinajstić information content (AvgIpc) is 2.93. The fourth-order valence-corrected chi connectivity index (χ4v) is 3.60. The van der Waals surface area contributed by atoms with Gasteiger partial charge in [-0.05, 0) is 37.8 Å². The lowest BCUT2D eigenvalue weighted by Crippen LogP contribution is -2.35. The standard InChI is InChI=1S/C20H27N3O3/c24-18(22-13-7-1-2-8-14-22)12-4-3-9-15-23-19(25)16-10-5-6-11-17(16)21-20(23)26/h5-6,10-11H,1-4,7-9,12-15H2,(H,21,26). The van der Waals surface area contributed by atoms with Crippen LogP contribution in [0.15, 0.2) is 33.9 Å². The van der Waals surface area contributed by atoms with Gasteiger partial charge in [0.2, 0.25) is 5.91 Å². The molecular formula is C20H27N3O3. The summed E-state index contributed by atoms with van der Waals surface area (Å²) >= 11 is 0. The third-order valence-corrected chi connectivity index (χ3v) is 5.12. The van der Waals surface area contributed by atoms with Gasteiger partial charge in [-0.3, -0.25) is 14.2 Å². The lowest BCUT2D eigenvalue weighted by atomic mass is 10.1. The van der Waals surface area contributed by atoms with Gasteiger partial charge < -0.3 is 9.88 Å². The van der Waals surface area contributed by atoms with Crippen LogP contribution in [-0.4, -0.2) is 33.4 Å². The Morgan fingerprint density at radius 1 is 0.962 bits per heavy atom. The number of amides is 1. The van der Waals surface area contributed by atoms with Crippen LogP contribution in [0.3, 0.4) is 0 Å². The van der Waals surface area contributed by atoms with Gasteiger partial charge in [0.05, 0.1) is 10.9 Å². The molecule has 0 saturated carbocycles. The number of nitrogens with zero attached hydrogens (tertiary/aromatic N) is 2. The molecule has 1 saturated heterocycles. The number of para-hydroxylation sites is 1. The molecule has 1 N–H and O–H groups in total. The van der Waals surface area contributed by atoms with Crippen molar-refractivity contribution in [1.29, 1.82) is 0 Å². The second kappa shape index (κ2) is 8.83. The molecule has 0 bridgehead atoms. The molecule has 140 valence electrons. The third kappa shape index (κ3) is 4.42. The minimum atomic E-state index is -0.366. The number of unbranched alkanes of at least 4 members (excludes halogenated alkanes) is 2. The first-order valence-corrected chi connectivity index (χ1v) is 9.66. The van der Waals surface area contributed by atoms with E-state index >= 15 is 0 Å². The minimum absolute atomic E-state index is 0.243. The quantitative estimate of drug-likeness (QED) is 0.808.